The fourth-order valence-electron chi connectivity index (χ4n) is 0.747. The summed E-state index contributed by atoms with van der Waals surface area (Å²) in [4.78, 5) is 14.5. The van der Waals surface area contributed by atoms with Gasteiger partial charge in [0, 0.05) is 18.5 Å². The second-order valence-corrected chi connectivity index (χ2v) is 2.66. The summed E-state index contributed by atoms with van der Waals surface area (Å²) in [6.07, 6.45) is 6.00. The molecule has 0 aromatic carbocycles. The van der Waals surface area contributed by atoms with Crippen molar-refractivity contribution in [2.75, 3.05) is 7.11 Å². The molecule has 0 saturated carbocycles. The monoisotopic (exact) mass is 197 g/mol. The van der Waals surface area contributed by atoms with E-state index in [2.05, 4.69) is 9.72 Å². The lowest BCUT2D eigenvalue weighted by Crippen LogP contribution is -1.93. The molecule has 0 fully saturated rings. The number of esters is 1. The van der Waals surface area contributed by atoms with Crippen LogP contribution in [-0.4, -0.2) is 18.1 Å². The van der Waals surface area contributed by atoms with Crippen LogP contribution in [0.4, 0.5) is 0 Å². The standard InChI is InChI=1S/C9H8ClNO2/c1-13-9(12)3-2-7-4-5-11-6-8(7)10/h2-6H,1H3. The predicted octanol–water partition coefficient (Wildman–Crippen LogP) is 1.92. The largest absolute Gasteiger partial charge is 0.466 e. The average molecular weight is 198 g/mol. The number of carbonyl (C=O) groups excluding carboxylic acids is 1. The van der Waals surface area contributed by atoms with Crippen LogP contribution in [0.2, 0.25) is 5.02 Å². The van der Waals surface area contributed by atoms with Gasteiger partial charge < -0.3 is 4.74 Å². The van der Waals surface area contributed by atoms with E-state index < -0.39 is 5.97 Å². The molecule has 1 heterocycles. The maximum Gasteiger partial charge on any atom is 0.330 e. The third-order valence-electron chi connectivity index (χ3n) is 1.40. The fraction of sp³-hybridized carbons (Fsp3) is 0.111. The Balaban J connectivity index is 2.80. The molecule has 0 spiro atoms. The van der Waals surface area contributed by atoms with Gasteiger partial charge in [-0.2, -0.15) is 0 Å². The molecule has 68 valence electrons. The Labute approximate surface area is 81.0 Å². The Hall–Kier alpha value is -1.35. The van der Waals surface area contributed by atoms with Gasteiger partial charge in [-0.1, -0.05) is 11.6 Å². The van der Waals surface area contributed by atoms with Crippen molar-refractivity contribution in [2.24, 2.45) is 0 Å². The minimum absolute atomic E-state index is 0.409. The predicted molar refractivity (Wildman–Crippen MR) is 50.3 cm³/mol. The Morgan fingerprint density at radius 3 is 3.08 bits per heavy atom. The van der Waals surface area contributed by atoms with E-state index in [1.54, 1.807) is 18.3 Å². The van der Waals surface area contributed by atoms with Crippen LogP contribution in [0.25, 0.3) is 6.08 Å². The number of nitrogens with zero attached hydrogens (tertiary/aromatic N) is 1. The van der Waals surface area contributed by atoms with Crippen molar-refractivity contribution >= 4 is 23.6 Å². The highest BCUT2D eigenvalue weighted by atomic mass is 35.5. The number of ether oxygens (including phenoxy) is 1. The summed E-state index contributed by atoms with van der Waals surface area (Å²) in [7, 11) is 1.32. The van der Waals surface area contributed by atoms with Gasteiger partial charge in [0.25, 0.3) is 0 Å². The summed E-state index contributed by atoms with van der Waals surface area (Å²) in [5.74, 6) is -0.409. The zero-order valence-corrected chi connectivity index (χ0v) is 7.78. The summed E-state index contributed by atoms with van der Waals surface area (Å²) in [6.45, 7) is 0. The molecule has 0 aliphatic rings. The van der Waals surface area contributed by atoms with E-state index in [-0.39, 0.29) is 0 Å². The van der Waals surface area contributed by atoms with Gasteiger partial charge in [0.05, 0.1) is 12.1 Å². The van der Waals surface area contributed by atoms with Crippen LogP contribution in [0.3, 0.4) is 0 Å². The van der Waals surface area contributed by atoms with E-state index in [9.17, 15) is 4.79 Å². The number of hydrogen-bond acceptors (Lipinski definition) is 3. The minimum atomic E-state index is -0.409. The molecule has 0 amide bonds. The van der Waals surface area contributed by atoms with Crippen LogP contribution in [0.1, 0.15) is 5.56 Å². The van der Waals surface area contributed by atoms with Gasteiger partial charge in [-0.3, -0.25) is 4.98 Å². The van der Waals surface area contributed by atoms with E-state index in [0.717, 1.165) is 5.56 Å². The maximum absolute atomic E-state index is 10.7. The van der Waals surface area contributed by atoms with Crippen molar-refractivity contribution in [3.8, 4) is 0 Å². The molecule has 0 saturated heterocycles. The van der Waals surface area contributed by atoms with Crippen molar-refractivity contribution in [2.45, 2.75) is 0 Å². The normalized spacial score (nSPS) is 10.3. The highest BCUT2D eigenvalue weighted by Gasteiger charge is 1.96. The molecule has 4 heteroatoms. The van der Waals surface area contributed by atoms with E-state index in [0.29, 0.717) is 5.02 Å². The number of methoxy groups -OCH3 is 1. The number of aromatic nitrogens is 1. The Bertz CT molecular complexity index is 336. The second-order valence-electron chi connectivity index (χ2n) is 2.25. The lowest BCUT2D eigenvalue weighted by atomic mass is 10.2. The summed E-state index contributed by atoms with van der Waals surface area (Å²) < 4.78 is 4.43. The highest BCUT2D eigenvalue weighted by Crippen LogP contribution is 2.14. The van der Waals surface area contributed by atoms with Crippen molar-refractivity contribution in [3.05, 3.63) is 35.1 Å². The van der Waals surface area contributed by atoms with E-state index in [1.165, 1.54) is 19.4 Å². The summed E-state index contributed by atoms with van der Waals surface area (Å²) in [5.41, 5.74) is 0.738. The SMILES string of the molecule is COC(=O)C=Cc1ccncc1Cl. The molecule has 0 aliphatic heterocycles. The molecule has 0 atom stereocenters. The quantitative estimate of drug-likeness (QED) is 0.537. The molecule has 13 heavy (non-hydrogen) atoms. The first-order chi connectivity index (χ1) is 6.24. The number of pyridine rings is 1. The molecular weight excluding hydrogens is 190 g/mol. The van der Waals surface area contributed by atoms with Crippen LogP contribution >= 0.6 is 11.6 Å². The Morgan fingerprint density at radius 2 is 2.46 bits per heavy atom. The molecule has 1 aromatic heterocycles. The van der Waals surface area contributed by atoms with E-state index in [1.807, 2.05) is 0 Å². The second kappa shape index (κ2) is 4.62. The van der Waals surface area contributed by atoms with Crippen molar-refractivity contribution < 1.29 is 9.53 Å². The molecule has 0 radical (unpaired) electrons. The van der Waals surface area contributed by atoms with Crippen LogP contribution in [0.5, 0.6) is 0 Å². The topological polar surface area (TPSA) is 39.2 Å². The molecule has 0 N–H and O–H groups in total. The van der Waals surface area contributed by atoms with Crippen LogP contribution in [-0.2, 0) is 9.53 Å². The Kier molecular flexibility index (Phi) is 3.46. The Morgan fingerprint density at radius 1 is 1.69 bits per heavy atom. The minimum Gasteiger partial charge on any atom is -0.466 e. The van der Waals surface area contributed by atoms with Gasteiger partial charge >= 0.3 is 5.97 Å². The third-order valence-corrected chi connectivity index (χ3v) is 1.72. The first-order valence-electron chi connectivity index (χ1n) is 3.59. The number of rotatable bonds is 2. The molecule has 0 unspecified atom stereocenters. The van der Waals surface area contributed by atoms with Gasteiger partial charge in [0.2, 0.25) is 0 Å². The number of halogens is 1. The van der Waals surface area contributed by atoms with Crippen molar-refractivity contribution in [1.82, 2.24) is 4.98 Å². The van der Waals surface area contributed by atoms with E-state index >= 15 is 0 Å². The van der Waals surface area contributed by atoms with Crippen molar-refractivity contribution in [3.63, 3.8) is 0 Å². The highest BCUT2D eigenvalue weighted by molar-refractivity contribution is 6.32. The summed E-state index contributed by atoms with van der Waals surface area (Å²) >= 11 is 5.79. The summed E-state index contributed by atoms with van der Waals surface area (Å²) in [6, 6.07) is 1.71. The lowest BCUT2D eigenvalue weighted by Gasteiger charge is -1.95. The smallest absolute Gasteiger partial charge is 0.330 e. The molecule has 1 rings (SSSR count). The molecular formula is C9H8ClNO2. The lowest BCUT2D eigenvalue weighted by molar-refractivity contribution is -0.134. The molecule has 0 bridgehead atoms. The van der Waals surface area contributed by atoms with Crippen LogP contribution in [0, 0.1) is 0 Å². The zero-order chi connectivity index (χ0) is 9.68. The maximum atomic E-state index is 10.7. The first kappa shape index (κ1) is 9.74. The van der Waals surface area contributed by atoms with Crippen LogP contribution in [0.15, 0.2) is 24.5 Å². The molecule has 1 aromatic rings. The van der Waals surface area contributed by atoms with Crippen LogP contribution < -0.4 is 0 Å². The fourth-order valence-corrected chi connectivity index (χ4v) is 0.929. The number of carbonyl (C=O) groups is 1. The first-order valence-corrected chi connectivity index (χ1v) is 3.97. The van der Waals surface area contributed by atoms with Gasteiger partial charge in [0.1, 0.15) is 0 Å². The zero-order valence-electron chi connectivity index (χ0n) is 7.03. The van der Waals surface area contributed by atoms with Gasteiger partial charge in [0.15, 0.2) is 0 Å². The molecule has 0 aliphatic carbocycles. The third kappa shape index (κ3) is 2.87. The number of hydrogen-bond donors (Lipinski definition) is 0. The summed E-state index contributed by atoms with van der Waals surface area (Å²) in [5, 5.41) is 0.502. The average Bonchev–Trinajstić information content (AvgIpc) is 2.16. The van der Waals surface area contributed by atoms with Gasteiger partial charge in [-0.05, 0) is 17.7 Å². The van der Waals surface area contributed by atoms with Gasteiger partial charge in [-0.25, -0.2) is 4.79 Å². The van der Waals surface area contributed by atoms with Gasteiger partial charge in [-0.15, -0.1) is 0 Å². The molecule has 3 nitrogen and oxygen atoms in total. The van der Waals surface area contributed by atoms with Crippen molar-refractivity contribution in [1.29, 1.82) is 0 Å². The van der Waals surface area contributed by atoms with E-state index in [4.69, 9.17) is 11.6 Å².